The van der Waals surface area contributed by atoms with Crippen LogP contribution in [0.3, 0.4) is 0 Å². The van der Waals surface area contributed by atoms with Gasteiger partial charge in [0.2, 0.25) is 0 Å². The monoisotopic (exact) mass is 330 g/mol. The molecule has 3 aliphatic rings. The van der Waals surface area contributed by atoms with Crippen molar-refractivity contribution < 1.29 is 32.2 Å². The number of sulfone groups is 1. The molecule has 1 aliphatic carbocycles. The van der Waals surface area contributed by atoms with Gasteiger partial charge in [0.05, 0.1) is 5.25 Å². The average molecular weight is 330 g/mol. The van der Waals surface area contributed by atoms with Crippen LogP contribution in [0.1, 0.15) is 20.3 Å². The summed E-state index contributed by atoms with van der Waals surface area (Å²) in [5.41, 5.74) is -0.729. The molecule has 122 valence electrons. The lowest BCUT2D eigenvalue weighted by molar-refractivity contribution is -0.244. The highest BCUT2D eigenvalue weighted by Gasteiger charge is 2.72. The number of hydrogen-bond donors (Lipinski definition) is 0. The van der Waals surface area contributed by atoms with Gasteiger partial charge in [0.25, 0.3) is 0 Å². The molecule has 2 aliphatic heterocycles. The van der Waals surface area contributed by atoms with E-state index in [1.807, 2.05) is 6.92 Å². The molecule has 0 aromatic carbocycles. The summed E-state index contributed by atoms with van der Waals surface area (Å²) in [6, 6.07) is 0. The fourth-order valence-corrected chi connectivity index (χ4v) is 5.93. The summed E-state index contributed by atoms with van der Waals surface area (Å²) in [6.45, 7) is 6.50. The average Bonchev–Trinajstić information content (AvgIpc) is 2.42. The van der Waals surface area contributed by atoms with Crippen LogP contribution in [0.5, 0.6) is 0 Å². The van der Waals surface area contributed by atoms with Crippen LogP contribution in [0.15, 0.2) is 12.7 Å². The number of rotatable bonds is 4. The molecule has 1 saturated carbocycles. The summed E-state index contributed by atoms with van der Waals surface area (Å²) in [4.78, 5) is 23.1. The lowest BCUT2D eigenvalue weighted by Crippen LogP contribution is -2.77. The van der Waals surface area contributed by atoms with E-state index in [9.17, 15) is 18.0 Å². The lowest BCUT2D eigenvalue weighted by atomic mass is 9.74. The summed E-state index contributed by atoms with van der Waals surface area (Å²) in [7, 11) is -3.16. The van der Waals surface area contributed by atoms with Gasteiger partial charge in [-0.3, -0.25) is 0 Å². The Morgan fingerprint density at radius 3 is 2.73 bits per heavy atom. The Labute approximate surface area is 128 Å². The van der Waals surface area contributed by atoms with E-state index < -0.39 is 39.4 Å². The van der Waals surface area contributed by atoms with Crippen molar-refractivity contribution in [3.8, 4) is 0 Å². The smallest absolute Gasteiger partial charge is 0.347 e. The van der Waals surface area contributed by atoms with Crippen LogP contribution < -0.4 is 0 Å². The predicted octanol–water partition coefficient (Wildman–Crippen LogP) is 0.194. The topological polar surface area (TPSA) is 96.0 Å². The zero-order chi connectivity index (χ0) is 16.2. The molecule has 0 spiro atoms. The Balaban J connectivity index is 1.63. The molecule has 2 saturated heterocycles. The highest BCUT2D eigenvalue weighted by atomic mass is 32.2. The third-order valence-corrected chi connectivity index (χ3v) is 7.12. The number of ether oxygens (including phenoxy) is 3. The zero-order valence-electron chi connectivity index (χ0n) is 12.3. The number of esters is 2. The van der Waals surface area contributed by atoms with Gasteiger partial charge in [-0.05, 0) is 19.3 Å². The summed E-state index contributed by atoms with van der Waals surface area (Å²) in [6.07, 6.45) is -0.506. The summed E-state index contributed by atoms with van der Waals surface area (Å²) >= 11 is 0. The van der Waals surface area contributed by atoms with Crippen molar-refractivity contribution in [2.24, 2.45) is 11.8 Å². The molecule has 0 bridgehead atoms. The molecule has 7 atom stereocenters. The summed E-state index contributed by atoms with van der Waals surface area (Å²) in [5.74, 6) is -1.58. The van der Waals surface area contributed by atoms with Crippen molar-refractivity contribution in [1.82, 2.24) is 0 Å². The molecule has 8 heteroatoms. The van der Waals surface area contributed by atoms with Gasteiger partial charge in [0, 0.05) is 12.0 Å². The predicted molar refractivity (Wildman–Crippen MR) is 74.3 cm³/mol. The van der Waals surface area contributed by atoms with Crippen LogP contribution in [0, 0.1) is 11.8 Å². The SMILES string of the molecule is C=CC(=O)OC(C)C(=O)OC1C(C)CC2C3C1OC3S2(=O)=O. The van der Waals surface area contributed by atoms with E-state index >= 15 is 0 Å². The van der Waals surface area contributed by atoms with Crippen LogP contribution in [0.2, 0.25) is 0 Å². The van der Waals surface area contributed by atoms with Crippen molar-refractivity contribution in [2.75, 3.05) is 0 Å². The molecule has 0 amide bonds. The fourth-order valence-electron chi connectivity index (χ4n) is 3.48. The van der Waals surface area contributed by atoms with Gasteiger partial charge in [0.15, 0.2) is 21.4 Å². The molecular weight excluding hydrogens is 312 g/mol. The Hall–Kier alpha value is -1.41. The maximum atomic E-state index is 12.0. The number of carbonyl (C=O) groups excluding carboxylic acids is 2. The first kappa shape index (κ1) is 15.5. The standard InChI is InChI=1S/C14H18O7S/c1-4-9(15)19-7(3)13(16)20-11-6(2)5-8-10-12(11)21-14(10)22(8,17)18/h4,6-8,10-12,14H,1,5H2,2-3H3. The zero-order valence-corrected chi connectivity index (χ0v) is 13.1. The van der Waals surface area contributed by atoms with E-state index in [4.69, 9.17) is 14.2 Å². The van der Waals surface area contributed by atoms with Gasteiger partial charge in [0.1, 0.15) is 12.2 Å². The molecule has 0 aromatic rings. The lowest BCUT2D eigenvalue weighted by Gasteiger charge is -2.62. The van der Waals surface area contributed by atoms with E-state index in [1.165, 1.54) is 6.92 Å². The normalized spacial score (nSPS) is 41.9. The molecular formula is C14H18O7S. The van der Waals surface area contributed by atoms with Crippen molar-refractivity contribution in [3.63, 3.8) is 0 Å². The second kappa shape index (κ2) is 5.06. The van der Waals surface area contributed by atoms with Crippen molar-refractivity contribution in [2.45, 2.75) is 49.3 Å². The van der Waals surface area contributed by atoms with Gasteiger partial charge in [-0.2, -0.15) is 0 Å². The first-order valence-corrected chi connectivity index (χ1v) is 8.80. The number of hydrogen-bond acceptors (Lipinski definition) is 7. The molecule has 7 nitrogen and oxygen atoms in total. The van der Waals surface area contributed by atoms with E-state index in [-0.39, 0.29) is 23.2 Å². The Morgan fingerprint density at radius 2 is 2.09 bits per heavy atom. The van der Waals surface area contributed by atoms with Crippen LogP contribution in [0.4, 0.5) is 0 Å². The molecule has 3 fully saturated rings. The van der Waals surface area contributed by atoms with Gasteiger partial charge in [-0.15, -0.1) is 0 Å². The van der Waals surface area contributed by atoms with Crippen LogP contribution in [0.25, 0.3) is 0 Å². The highest BCUT2D eigenvalue weighted by molar-refractivity contribution is 7.94. The van der Waals surface area contributed by atoms with Crippen LogP contribution >= 0.6 is 0 Å². The summed E-state index contributed by atoms with van der Waals surface area (Å²) in [5, 5.41) is -0.378. The van der Waals surface area contributed by atoms with E-state index in [0.29, 0.717) is 6.42 Å². The first-order valence-electron chi connectivity index (χ1n) is 7.19. The molecule has 0 aromatic heterocycles. The molecule has 7 unspecified atom stereocenters. The van der Waals surface area contributed by atoms with Gasteiger partial charge < -0.3 is 14.2 Å². The van der Waals surface area contributed by atoms with Crippen molar-refractivity contribution in [3.05, 3.63) is 12.7 Å². The third kappa shape index (κ3) is 2.08. The van der Waals surface area contributed by atoms with E-state index in [0.717, 1.165) is 6.08 Å². The largest absolute Gasteiger partial charge is 0.457 e. The Kier molecular flexibility index (Phi) is 3.56. The van der Waals surface area contributed by atoms with Crippen molar-refractivity contribution in [1.29, 1.82) is 0 Å². The quantitative estimate of drug-likeness (QED) is 0.536. The van der Waals surface area contributed by atoms with E-state index in [1.54, 1.807) is 0 Å². The number of carbonyl (C=O) groups is 2. The molecule has 3 rings (SSSR count). The fraction of sp³-hybridized carbons (Fsp3) is 0.714. The summed E-state index contributed by atoms with van der Waals surface area (Å²) < 4.78 is 39.3. The maximum Gasteiger partial charge on any atom is 0.347 e. The minimum absolute atomic E-state index is 0.0787. The Bertz CT molecular complexity index is 625. The van der Waals surface area contributed by atoms with Gasteiger partial charge in [-0.25, -0.2) is 18.0 Å². The van der Waals surface area contributed by atoms with Gasteiger partial charge in [-0.1, -0.05) is 13.5 Å². The van der Waals surface area contributed by atoms with Crippen LogP contribution in [-0.4, -0.2) is 49.4 Å². The minimum atomic E-state index is -3.16. The maximum absolute atomic E-state index is 12.0. The molecule has 22 heavy (non-hydrogen) atoms. The first-order chi connectivity index (χ1) is 10.3. The molecule has 2 heterocycles. The molecule has 0 N–H and O–H groups in total. The minimum Gasteiger partial charge on any atom is -0.457 e. The van der Waals surface area contributed by atoms with Crippen molar-refractivity contribution >= 4 is 21.8 Å². The second-order valence-electron chi connectivity index (χ2n) is 6.07. The molecule has 0 radical (unpaired) electrons. The highest BCUT2D eigenvalue weighted by Crippen LogP contribution is 2.56. The Morgan fingerprint density at radius 1 is 1.41 bits per heavy atom. The van der Waals surface area contributed by atoms with Crippen LogP contribution in [-0.2, 0) is 33.6 Å². The third-order valence-electron chi connectivity index (χ3n) is 4.69. The van der Waals surface area contributed by atoms with E-state index in [2.05, 4.69) is 6.58 Å². The second-order valence-corrected chi connectivity index (χ2v) is 8.32. The van der Waals surface area contributed by atoms with Gasteiger partial charge >= 0.3 is 11.9 Å².